The van der Waals surface area contributed by atoms with Crippen LogP contribution in [-0.4, -0.2) is 42.3 Å². The first-order chi connectivity index (χ1) is 19.0. The number of benzene rings is 3. The Morgan fingerprint density at radius 2 is 1.70 bits per heavy atom. The van der Waals surface area contributed by atoms with E-state index in [2.05, 4.69) is 4.98 Å². The smallest absolute Gasteiger partial charge is 0.417 e. The second-order valence-electron chi connectivity index (χ2n) is 8.87. The van der Waals surface area contributed by atoms with E-state index >= 15 is 0 Å². The van der Waals surface area contributed by atoms with Crippen LogP contribution in [0.2, 0.25) is 0 Å². The summed E-state index contributed by atoms with van der Waals surface area (Å²) in [6.45, 7) is -0.409. The number of H-pyrrole nitrogens is 1. The number of nitrogens with one attached hydrogen (secondary N) is 1. The highest BCUT2D eigenvalue weighted by Gasteiger charge is 2.35. The third-order valence-corrected chi connectivity index (χ3v) is 6.31. The van der Waals surface area contributed by atoms with Crippen LogP contribution in [0, 0.1) is 0 Å². The average Bonchev–Trinajstić information content (AvgIpc) is 3.31. The maximum atomic E-state index is 13.5. The first-order valence-corrected chi connectivity index (χ1v) is 11.8. The number of cyclic esters (lactones) is 1. The molecule has 204 valence electrons. The van der Waals surface area contributed by atoms with Gasteiger partial charge in [0.15, 0.2) is 6.10 Å². The molecule has 4 aromatic rings. The molecule has 2 heterocycles. The molecule has 0 aliphatic carbocycles. The molecule has 0 unspecified atom stereocenters. The number of aromatic nitrogens is 1. The van der Waals surface area contributed by atoms with Gasteiger partial charge in [-0.3, -0.25) is 9.69 Å². The predicted octanol–water partition coefficient (Wildman–Crippen LogP) is 3.76. The van der Waals surface area contributed by atoms with Crippen molar-refractivity contribution in [3.8, 4) is 11.3 Å². The van der Waals surface area contributed by atoms with Gasteiger partial charge in [0.1, 0.15) is 6.61 Å². The van der Waals surface area contributed by atoms with Crippen LogP contribution in [0.25, 0.3) is 22.0 Å². The predicted molar refractivity (Wildman–Crippen MR) is 134 cm³/mol. The Hall–Kier alpha value is -5.13. The normalized spacial score (nSPS) is 15.2. The van der Waals surface area contributed by atoms with Gasteiger partial charge in [0.25, 0.3) is 5.56 Å². The summed E-state index contributed by atoms with van der Waals surface area (Å²) in [6.07, 6.45) is -6.28. The summed E-state index contributed by atoms with van der Waals surface area (Å²) in [4.78, 5) is 52.7. The number of anilines is 1. The molecule has 1 aromatic heterocycles. The molecule has 0 radical (unpaired) electrons. The zero-order chi connectivity index (χ0) is 28.6. The van der Waals surface area contributed by atoms with E-state index < -0.39 is 41.4 Å². The van der Waals surface area contributed by atoms with Gasteiger partial charge in [0.05, 0.1) is 23.6 Å². The number of aromatic amines is 1. The summed E-state index contributed by atoms with van der Waals surface area (Å²) in [6, 6.07) is 16.1. The topological polar surface area (TPSA) is 129 Å². The van der Waals surface area contributed by atoms with Gasteiger partial charge in [-0.15, -0.1) is 0 Å². The Labute approximate surface area is 223 Å². The lowest BCUT2D eigenvalue weighted by molar-refractivity contribution is -0.255. The van der Waals surface area contributed by atoms with Crippen LogP contribution < -0.4 is 15.6 Å². The highest BCUT2D eigenvalue weighted by molar-refractivity contribution is 6.01. The van der Waals surface area contributed by atoms with Crippen LogP contribution in [0.3, 0.4) is 0 Å². The van der Waals surface area contributed by atoms with Gasteiger partial charge in [-0.2, -0.15) is 13.2 Å². The van der Waals surface area contributed by atoms with Crippen molar-refractivity contribution in [3.05, 3.63) is 99.8 Å². The third-order valence-electron chi connectivity index (χ3n) is 6.31. The molecule has 5 rings (SSSR count). The fraction of sp³-hybridized carbons (Fsp3) is 0.143. The number of carboxylic acids is 1. The van der Waals surface area contributed by atoms with E-state index in [4.69, 9.17) is 9.47 Å². The third kappa shape index (κ3) is 5.10. The lowest BCUT2D eigenvalue weighted by Crippen LogP contribution is -2.28. The number of pyridine rings is 1. The van der Waals surface area contributed by atoms with E-state index in [1.54, 1.807) is 0 Å². The largest absolute Gasteiger partial charge is 0.545 e. The van der Waals surface area contributed by atoms with Gasteiger partial charge in [0.2, 0.25) is 0 Å². The first kappa shape index (κ1) is 26.5. The van der Waals surface area contributed by atoms with Crippen molar-refractivity contribution in [3.63, 3.8) is 0 Å². The zero-order valence-electron chi connectivity index (χ0n) is 20.4. The molecule has 0 bridgehead atoms. The SMILES string of the molecule is O=C([O-])c1ccccc1C(=O)OC[C@H]1CN(c2ccc3cc(-c4ccccc4C(F)(F)F)[nH]c(=O)c3c2)C(=O)O1. The Morgan fingerprint density at radius 1 is 1.00 bits per heavy atom. The van der Waals surface area contributed by atoms with Crippen LogP contribution in [0.15, 0.2) is 77.6 Å². The van der Waals surface area contributed by atoms with Crippen molar-refractivity contribution in [2.24, 2.45) is 0 Å². The van der Waals surface area contributed by atoms with Crippen molar-refractivity contribution in [2.75, 3.05) is 18.1 Å². The standard InChI is InChI=1S/C28H19F3N2O7/c29-28(30,31)22-8-4-3-7-20(22)23-11-15-9-10-16(12-21(15)24(34)32-23)33-13-17(40-27(33)38)14-39-26(37)19-6-2-1-5-18(19)25(35)36/h1-12,17H,13-14H2,(H,32,34)(H,35,36)/p-1/t17-/m1/s1. The minimum atomic E-state index is -4.62. The van der Waals surface area contributed by atoms with Crippen LogP contribution in [0.5, 0.6) is 0 Å². The molecule has 1 atom stereocenters. The van der Waals surface area contributed by atoms with Gasteiger partial charge in [0, 0.05) is 27.9 Å². The van der Waals surface area contributed by atoms with E-state index in [1.807, 2.05) is 0 Å². The number of alkyl halides is 3. The van der Waals surface area contributed by atoms with Gasteiger partial charge < -0.3 is 24.4 Å². The molecule has 1 N–H and O–H groups in total. The maximum absolute atomic E-state index is 13.5. The monoisotopic (exact) mass is 551 g/mol. The molecule has 12 heteroatoms. The van der Waals surface area contributed by atoms with Crippen LogP contribution >= 0.6 is 0 Å². The second kappa shape index (κ2) is 10.2. The molecular formula is C28H18F3N2O7-. The summed E-state index contributed by atoms with van der Waals surface area (Å²) in [5.74, 6) is -2.48. The second-order valence-corrected chi connectivity index (χ2v) is 8.87. The average molecular weight is 551 g/mol. The molecule has 9 nitrogen and oxygen atoms in total. The summed E-state index contributed by atoms with van der Waals surface area (Å²) < 4.78 is 50.8. The summed E-state index contributed by atoms with van der Waals surface area (Å²) >= 11 is 0. The van der Waals surface area contributed by atoms with Gasteiger partial charge >= 0.3 is 18.2 Å². The molecule has 0 saturated carbocycles. The summed E-state index contributed by atoms with van der Waals surface area (Å²) in [7, 11) is 0. The number of amides is 1. The molecule has 1 amide bonds. The number of rotatable bonds is 6. The lowest BCUT2D eigenvalue weighted by Gasteiger charge is -2.15. The molecule has 1 aliphatic heterocycles. The van der Waals surface area contributed by atoms with Gasteiger partial charge in [-0.25, -0.2) is 9.59 Å². The number of halogens is 3. The van der Waals surface area contributed by atoms with Crippen LogP contribution in [0.1, 0.15) is 26.3 Å². The van der Waals surface area contributed by atoms with Crippen molar-refractivity contribution in [2.45, 2.75) is 12.3 Å². The number of hydrogen-bond acceptors (Lipinski definition) is 7. The highest BCUT2D eigenvalue weighted by Crippen LogP contribution is 2.36. The van der Waals surface area contributed by atoms with Gasteiger partial charge in [-0.1, -0.05) is 42.5 Å². The molecule has 1 fully saturated rings. The molecular weight excluding hydrogens is 533 g/mol. The number of carboxylic acid groups (broad SMARTS) is 1. The van der Waals surface area contributed by atoms with Crippen molar-refractivity contribution in [1.29, 1.82) is 0 Å². The fourth-order valence-corrected chi connectivity index (χ4v) is 4.43. The number of fused-ring (bicyclic) bond motifs is 1. The van der Waals surface area contributed by atoms with Crippen molar-refractivity contribution in [1.82, 2.24) is 4.98 Å². The molecule has 40 heavy (non-hydrogen) atoms. The minimum absolute atomic E-state index is 0.0131. The van der Waals surface area contributed by atoms with E-state index in [0.717, 1.165) is 6.07 Å². The van der Waals surface area contributed by atoms with Crippen LogP contribution in [-0.2, 0) is 15.7 Å². The Balaban J connectivity index is 1.34. The number of hydrogen-bond donors (Lipinski definition) is 1. The number of esters is 1. The Bertz CT molecular complexity index is 1710. The summed E-state index contributed by atoms with van der Waals surface area (Å²) in [5.41, 5.74) is -2.02. The van der Waals surface area contributed by atoms with E-state index in [9.17, 15) is 37.5 Å². The van der Waals surface area contributed by atoms with Crippen LogP contribution in [0.4, 0.5) is 23.7 Å². The van der Waals surface area contributed by atoms with Gasteiger partial charge in [-0.05, 0) is 35.7 Å². The van der Waals surface area contributed by atoms with Crippen molar-refractivity contribution >= 4 is 34.5 Å². The number of carbonyl (C=O) groups excluding carboxylic acids is 3. The number of aromatic carboxylic acids is 1. The first-order valence-electron chi connectivity index (χ1n) is 11.8. The molecule has 3 aromatic carbocycles. The Kier molecular flexibility index (Phi) is 6.76. The number of carbonyl (C=O) groups is 3. The van der Waals surface area contributed by atoms with E-state index in [0.29, 0.717) is 5.39 Å². The maximum Gasteiger partial charge on any atom is 0.417 e. The van der Waals surface area contributed by atoms with E-state index in [-0.39, 0.29) is 46.6 Å². The lowest BCUT2D eigenvalue weighted by atomic mass is 10.0. The molecule has 0 spiro atoms. The highest BCUT2D eigenvalue weighted by atomic mass is 19.4. The number of nitrogens with zero attached hydrogens (tertiary/aromatic N) is 1. The zero-order valence-corrected chi connectivity index (χ0v) is 20.4. The van der Waals surface area contributed by atoms with Crippen molar-refractivity contribution < 1.29 is 42.1 Å². The fourth-order valence-electron chi connectivity index (χ4n) is 4.43. The van der Waals surface area contributed by atoms with E-state index in [1.165, 1.54) is 71.6 Å². The minimum Gasteiger partial charge on any atom is -0.545 e. The molecule has 1 aliphatic rings. The quantitative estimate of drug-likeness (QED) is 0.362. The Morgan fingerprint density at radius 3 is 2.42 bits per heavy atom. The summed E-state index contributed by atoms with van der Waals surface area (Å²) in [5, 5.41) is 11.7. The number of ether oxygens (including phenoxy) is 2. The molecule has 1 saturated heterocycles.